The molecular weight excluding hydrogens is 385 g/mol. The van der Waals surface area contributed by atoms with E-state index in [-0.39, 0.29) is 11.7 Å². The van der Waals surface area contributed by atoms with Crippen LogP contribution in [0.2, 0.25) is 0 Å². The second-order valence-corrected chi connectivity index (χ2v) is 8.58. The van der Waals surface area contributed by atoms with E-state index >= 15 is 4.39 Å². The number of hydrogen-bond donors (Lipinski definition) is 0. The molecule has 0 heterocycles. The van der Waals surface area contributed by atoms with Gasteiger partial charge in [-0.2, -0.15) is 8.78 Å². The van der Waals surface area contributed by atoms with E-state index in [2.05, 4.69) is 13.5 Å². The minimum atomic E-state index is -2.96. The first-order chi connectivity index (χ1) is 14.5. The second kappa shape index (κ2) is 10.9. The summed E-state index contributed by atoms with van der Waals surface area (Å²) in [6, 6.07) is 7.16. The number of fused-ring (bicyclic) bond motifs is 1. The first-order valence-electron chi connectivity index (χ1n) is 11.3. The van der Waals surface area contributed by atoms with Crippen LogP contribution in [0, 0.1) is 11.7 Å². The summed E-state index contributed by atoms with van der Waals surface area (Å²) in [6.45, 7) is 2.96. The van der Waals surface area contributed by atoms with Gasteiger partial charge in [-0.3, -0.25) is 0 Å². The summed E-state index contributed by atoms with van der Waals surface area (Å²) in [4.78, 5) is 0. The Bertz CT molecular complexity index is 838. The maximum atomic E-state index is 15.6. The van der Waals surface area contributed by atoms with E-state index in [0.29, 0.717) is 22.3 Å². The fraction of sp³-hybridized carbons (Fsp3) is 0.538. The van der Waals surface area contributed by atoms with Gasteiger partial charge >= 0.3 is 6.61 Å². The molecule has 2 aromatic carbocycles. The number of hydrogen-bond acceptors (Lipinski definition) is 1. The van der Waals surface area contributed by atoms with Crippen LogP contribution in [0.5, 0.6) is 5.75 Å². The topological polar surface area (TPSA) is 9.23 Å². The molecule has 0 aromatic heterocycles. The first-order valence-corrected chi connectivity index (χ1v) is 11.3. The van der Waals surface area contributed by atoms with Gasteiger partial charge in [0.1, 0.15) is 11.6 Å². The third kappa shape index (κ3) is 5.59. The molecule has 1 fully saturated rings. The summed E-state index contributed by atoms with van der Waals surface area (Å²) < 4.78 is 46.6. The molecule has 1 aliphatic carbocycles. The fourth-order valence-electron chi connectivity index (χ4n) is 4.82. The zero-order chi connectivity index (χ0) is 21.5. The zero-order valence-corrected chi connectivity index (χ0v) is 17.9. The molecule has 4 heteroatoms. The standard InChI is InChI=1S/C26H33F3O/c1-3-5-7-9-18-10-13-20(14-11-18)24-23(30-26(28)29)17-21-16-19(8-6-4-2)12-15-22(21)25(24)27/h4,12,15-18,20,26H,2-3,5-11,13-14H2,1H3. The molecule has 30 heavy (non-hydrogen) atoms. The van der Waals surface area contributed by atoms with Gasteiger partial charge < -0.3 is 4.74 Å². The van der Waals surface area contributed by atoms with Crippen LogP contribution in [0.1, 0.15) is 81.8 Å². The average Bonchev–Trinajstić information content (AvgIpc) is 2.73. The molecule has 2 aromatic rings. The van der Waals surface area contributed by atoms with E-state index in [1.165, 1.54) is 25.7 Å². The van der Waals surface area contributed by atoms with Crippen molar-refractivity contribution in [1.82, 2.24) is 0 Å². The summed E-state index contributed by atoms with van der Waals surface area (Å²) >= 11 is 0. The number of allylic oxidation sites excluding steroid dienone is 1. The highest BCUT2D eigenvalue weighted by atomic mass is 19.3. The summed E-state index contributed by atoms with van der Waals surface area (Å²) in [5.41, 5.74) is 1.37. The van der Waals surface area contributed by atoms with Crippen molar-refractivity contribution in [1.29, 1.82) is 0 Å². The molecule has 164 valence electrons. The van der Waals surface area contributed by atoms with Crippen LogP contribution in [-0.4, -0.2) is 6.61 Å². The van der Waals surface area contributed by atoms with Crippen LogP contribution in [0.4, 0.5) is 13.2 Å². The Hall–Kier alpha value is -1.97. The van der Waals surface area contributed by atoms with Crippen LogP contribution in [0.15, 0.2) is 36.9 Å². The lowest BCUT2D eigenvalue weighted by molar-refractivity contribution is -0.0508. The van der Waals surface area contributed by atoms with E-state index < -0.39 is 12.4 Å². The molecule has 3 rings (SSSR count). The predicted octanol–water partition coefficient (Wildman–Crippen LogP) is 8.55. The van der Waals surface area contributed by atoms with Gasteiger partial charge in [0.15, 0.2) is 0 Å². The van der Waals surface area contributed by atoms with E-state index in [0.717, 1.165) is 44.1 Å². The Kier molecular flexibility index (Phi) is 8.24. The molecule has 0 unspecified atom stereocenters. The number of ether oxygens (including phenoxy) is 1. The van der Waals surface area contributed by atoms with E-state index in [4.69, 9.17) is 4.74 Å². The van der Waals surface area contributed by atoms with E-state index in [9.17, 15) is 8.78 Å². The van der Waals surface area contributed by atoms with Crippen molar-refractivity contribution in [2.24, 2.45) is 5.92 Å². The van der Waals surface area contributed by atoms with E-state index in [1.807, 2.05) is 18.2 Å². The highest BCUT2D eigenvalue weighted by Crippen LogP contribution is 2.44. The number of unbranched alkanes of at least 4 members (excludes halogenated alkanes) is 2. The quantitative estimate of drug-likeness (QED) is 0.277. The lowest BCUT2D eigenvalue weighted by atomic mass is 9.76. The van der Waals surface area contributed by atoms with Gasteiger partial charge in [0.2, 0.25) is 0 Å². The van der Waals surface area contributed by atoms with Crippen LogP contribution < -0.4 is 4.74 Å². The third-order valence-electron chi connectivity index (χ3n) is 6.47. The monoisotopic (exact) mass is 418 g/mol. The molecule has 1 aliphatic rings. The molecule has 0 radical (unpaired) electrons. The SMILES string of the molecule is C=CCCc1ccc2c(F)c(C3CCC(CCCCC)CC3)c(OC(F)F)cc2c1. The Morgan fingerprint density at radius 1 is 1.13 bits per heavy atom. The van der Waals surface area contributed by atoms with Gasteiger partial charge in [-0.25, -0.2) is 4.39 Å². The number of aryl methyl sites for hydroxylation is 1. The van der Waals surface area contributed by atoms with Crippen LogP contribution in [0.3, 0.4) is 0 Å². The highest BCUT2D eigenvalue weighted by Gasteiger charge is 2.29. The smallest absolute Gasteiger partial charge is 0.387 e. The van der Waals surface area contributed by atoms with Gasteiger partial charge in [-0.15, -0.1) is 6.58 Å². The van der Waals surface area contributed by atoms with Crippen LogP contribution >= 0.6 is 0 Å². The normalized spacial score (nSPS) is 19.4. The molecule has 0 bridgehead atoms. The van der Waals surface area contributed by atoms with Crippen molar-refractivity contribution in [3.05, 3.63) is 53.9 Å². The molecule has 0 atom stereocenters. The van der Waals surface area contributed by atoms with Crippen molar-refractivity contribution >= 4 is 10.8 Å². The van der Waals surface area contributed by atoms with Gasteiger partial charge in [0.25, 0.3) is 0 Å². The Morgan fingerprint density at radius 3 is 2.57 bits per heavy atom. The van der Waals surface area contributed by atoms with Crippen molar-refractivity contribution in [2.75, 3.05) is 0 Å². The maximum absolute atomic E-state index is 15.6. The van der Waals surface area contributed by atoms with Gasteiger partial charge in [0, 0.05) is 10.9 Å². The Balaban J connectivity index is 1.87. The van der Waals surface area contributed by atoms with Crippen LogP contribution in [-0.2, 0) is 6.42 Å². The van der Waals surface area contributed by atoms with Gasteiger partial charge in [0.05, 0.1) is 0 Å². The number of benzene rings is 2. The first kappa shape index (κ1) is 22.7. The fourth-order valence-corrected chi connectivity index (χ4v) is 4.82. The summed E-state index contributed by atoms with van der Waals surface area (Å²) in [5, 5.41) is 1.10. The lowest BCUT2D eigenvalue weighted by Gasteiger charge is -2.30. The van der Waals surface area contributed by atoms with Crippen molar-refractivity contribution in [3.63, 3.8) is 0 Å². The summed E-state index contributed by atoms with van der Waals surface area (Å²) in [5.74, 6) is 0.215. The van der Waals surface area contributed by atoms with Crippen molar-refractivity contribution in [3.8, 4) is 5.75 Å². The molecule has 0 N–H and O–H groups in total. The molecular formula is C26H33F3O. The van der Waals surface area contributed by atoms with Crippen LogP contribution in [0.25, 0.3) is 10.8 Å². The molecule has 1 nitrogen and oxygen atoms in total. The summed E-state index contributed by atoms with van der Waals surface area (Å²) in [7, 11) is 0. The molecule has 0 spiro atoms. The molecule has 0 aliphatic heterocycles. The second-order valence-electron chi connectivity index (χ2n) is 8.58. The minimum Gasteiger partial charge on any atom is -0.434 e. The average molecular weight is 419 g/mol. The zero-order valence-electron chi connectivity index (χ0n) is 17.9. The Morgan fingerprint density at radius 2 is 1.90 bits per heavy atom. The van der Waals surface area contributed by atoms with E-state index in [1.54, 1.807) is 12.1 Å². The predicted molar refractivity (Wildman–Crippen MR) is 118 cm³/mol. The largest absolute Gasteiger partial charge is 0.434 e. The molecule has 0 amide bonds. The molecule has 1 saturated carbocycles. The highest BCUT2D eigenvalue weighted by molar-refractivity contribution is 5.86. The van der Waals surface area contributed by atoms with Crippen molar-refractivity contribution in [2.45, 2.75) is 83.7 Å². The Labute approximate surface area is 178 Å². The summed E-state index contributed by atoms with van der Waals surface area (Å²) in [6.07, 6.45) is 12.1. The van der Waals surface area contributed by atoms with Gasteiger partial charge in [-0.1, -0.05) is 56.9 Å². The maximum Gasteiger partial charge on any atom is 0.387 e. The number of alkyl halides is 2. The van der Waals surface area contributed by atoms with Crippen molar-refractivity contribution < 1.29 is 17.9 Å². The number of rotatable bonds is 10. The minimum absolute atomic E-state index is 0.00491. The lowest BCUT2D eigenvalue weighted by Crippen LogP contribution is -2.16. The third-order valence-corrected chi connectivity index (χ3v) is 6.47. The molecule has 0 saturated heterocycles. The van der Waals surface area contributed by atoms with Gasteiger partial charge in [-0.05, 0) is 67.4 Å². The number of halogens is 3.